The topological polar surface area (TPSA) is 59.1 Å². The third-order valence-corrected chi connectivity index (χ3v) is 5.89. The molecule has 130 valence electrons. The first kappa shape index (κ1) is 16.7. The smallest absolute Gasteiger partial charge is 0.240 e. The first-order valence-corrected chi connectivity index (χ1v) is 9.93. The summed E-state index contributed by atoms with van der Waals surface area (Å²) in [5.74, 6) is 0. The van der Waals surface area contributed by atoms with Crippen LogP contribution in [0.25, 0.3) is 21.7 Å². The molecule has 0 aliphatic carbocycles. The molecule has 1 heterocycles. The van der Waals surface area contributed by atoms with Gasteiger partial charge in [-0.3, -0.25) is 4.98 Å². The molecule has 1 aromatic heterocycles. The van der Waals surface area contributed by atoms with Crippen LogP contribution in [0.4, 0.5) is 0 Å². The van der Waals surface area contributed by atoms with Crippen molar-refractivity contribution in [3.8, 4) is 0 Å². The fourth-order valence-corrected chi connectivity index (χ4v) is 4.17. The highest BCUT2D eigenvalue weighted by atomic mass is 32.2. The van der Waals surface area contributed by atoms with Gasteiger partial charge in [0.15, 0.2) is 0 Å². The normalized spacial score (nSPS) is 11.8. The lowest BCUT2D eigenvalue weighted by Gasteiger charge is -2.09. The molecule has 0 aliphatic rings. The molecule has 0 aliphatic heterocycles. The Morgan fingerprint density at radius 2 is 1.58 bits per heavy atom. The number of sulfonamides is 1. The number of fused-ring (bicyclic) bond motifs is 2. The molecule has 0 bridgehead atoms. The Labute approximate surface area is 152 Å². The van der Waals surface area contributed by atoms with Gasteiger partial charge >= 0.3 is 0 Å². The Kier molecular flexibility index (Phi) is 4.41. The van der Waals surface area contributed by atoms with Gasteiger partial charge in [-0.05, 0) is 41.0 Å². The van der Waals surface area contributed by atoms with E-state index in [1.165, 1.54) is 0 Å². The van der Waals surface area contributed by atoms with Crippen LogP contribution in [0.5, 0.6) is 0 Å². The molecule has 0 fully saturated rings. The van der Waals surface area contributed by atoms with Crippen LogP contribution in [-0.4, -0.2) is 19.9 Å². The van der Waals surface area contributed by atoms with Gasteiger partial charge in [-0.1, -0.05) is 54.6 Å². The molecular weight excluding hydrogens is 344 g/mol. The van der Waals surface area contributed by atoms with E-state index >= 15 is 0 Å². The van der Waals surface area contributed by atoms with Crippen LogP contribution >= 0.6 is 0 Å². The summed E-state index contributed by atoms with van der Waals surface area (Å²) < 4.78 is 27.9. The third kappa shape index (κ3) is 3.31. The highest BCUT2D eigenvalue weighted by molar-refractivity contribution is 7.89. The van der Waals surface area contributed by atoms with Crippen LogP contribution in [0.15, 0.2) is 83.9 Å². The number of nitrogens with one attached hydrogen (secondary N) is 1. The zero-order valence-corrected chi connectivity index (χ0v) is 14.9. The van der Waals surface area contributed by atoms with E-state index in [9.17, 15) is 8.42 Å². The Bertz CT molecular complexity index is 1180. The molecule has 0 spiro atoms. The van der Waals surface area contributed by atoms with E-state index in [2.05, 4.69) is 9.71 Å². The number of rotatable bonds is 5. The Balaban J connectivity index is 1.52. The Morgan fingerprint density at radius 1 is 0.808 bits per heavy atom. The van der Waals surface area contributed by atoms with Crippen LogP contribution in [-0.2, 0) is 16.4 Å². The average molecular weight is 362 g/mol. The second-order valence-electron chi connectivity index (χ2n) is 6.15. The first-order chi connectivity index (χ1) is 12.6. The summed E-state index contributed by atoms with van der Waals surface area (Å²) in [6.45, 7) is 0.324. The van der Waals surface area contributed by atoms with E-state index < -0.39 is 10.0 Å². The van der Waals surface area contributed by atoms with Crippen LogP contribution in [0, 0.1) is 0 Å². The van der Waals surface area contributed by atoms with E-state index in [1.807, 2.05) is 60.7 Å². The number of pyridine rings is 1. The number of aromatic nitrogens is 1. The lowest BCUT2D eigenvalue weighted by molar-refractivity contribution is 0.582. The zero-order valence-electron chi connectivity index (χ0n) is 14.1. The summed E-state index contributed by atoms with van der Waals surface area (Å²) in [6, 6.07) is 22.8. The SMILES string of the molecule is O=S(=O)(NCCc1cccc2cccnc12)c1ccc2ccccc2c1. The molecule has 0 atom stereocenters. The summed E-state index contributed by atoms with van der Waals surface area (Å²) in [7, 11) is -3.55. The van der Waals surface area contributed by atoms with Crippen molar-refractivity contribution >= 4 is 31.7 Å². The lowest BCUT2D eigenvalue weighted by atomic mass is 10.1. The number of para-hydroxylation sites is 1. The fourth-order valence-electron chi connectivity index (χ4n) is 3.11. The molecule has 5 heteroatoms. The maximum absolute atomic E-state index is 12.6. The van der Waals surface area contributed by atoms with E-state index in [1.54, 1.807) is 18.3 Å². The second kappa shape index (κ2) is 6.86. The molecule has 4 aromatic rings. The maximum atomic E-state index is 12.6. The van der Waals surface area contributed by atoms with Gasteiger partial charge in [0.25, 0.3) is 0 Å². The predicted molar refractivity (Wildman–Crippen MR) is 105 cm³/mol. The van der Waals surface area contributed by atoms with Crippen molar-refractivity contribution in [1.82, 2.24) is 9.71 Å². The molecule has 4 rings (SSSR count). The largest absolute Gasteiger partial charge is 0.256 e. The quantitative estimate of drug-likeness (QED) is 0.586. The van der Waals surface area contributed by atoms with Gasteiger partial charge in [0.1, 0.15) is 0 Å². The second-order valence-corrected chi connectivity index (χ2v) is 7.92. The molecule has 4 nitrogen and oxygen atoms in total. The third-order valence-electron chi connectivity index (χ3n) is 4.43. The van der Waals surface area contributed by atoms with Crippen LogP contribution in [0.2, 0.25) is 0 Å². The van der Waals surface area contributed by atoms with Crippen molar-refractivity contribution in [2.75, 3.05) is 6.54 Å². The van der Waals surface area contributed by atoms with E-state index in [-0.39, 0.29) is 4.90 Å². The number of nitrogens with zero attached hydrogens (tertiary/aromatic N) is 1. The van der Waals surface area contributed by atoms with E-state index in [0.29, 0.717) is 13.0 Å². The molecular formula is C21H18N2O2S. The van der Waals surface area contributed by atoms with Crippen molar-refractivity contribution in [1.29, 1.82) is 0 Å². The molecule has 0 unspecified atom stereocenters. The number of benzene rings is 3. The summed E-state index contributed by atoms with van der Waals surface area (Å²) in [5, 5.41) is 2.99. The minimum atomic E-state index is -3.55. The van der Waals surface area contributed by atoms with Gasteiger partial charge in [-0.2, -0.15) is 0 Å². The van der Waals surface area contributed by atoms with Crippen molar-refractivity contribution in [2.45, 2.75) is 11.3 Å². The van der Waals surface area contributed by atoms with Gasteiger partial charge in [-0.25, -0.2) is 13.1 Å². The molecule has 0 saturated heterocycles. The van der Waals surface area contributed by atoms with Crippen molar-refractivity contribution in [3.05, 3.63) is 84.6 Å². The average Bonchev–Trinajstić information content (AvgIpc) is 2.68. The van der Waals surface area contributed by atoms with E-state index in [0.717, 1.165) is 27.2 Å². The molecule has 1 N–H and O–H groups in total. The van der Waals surface area contributed by atoms with Crippen LogP contribution in [0.1, 0.15) is 5.56 Å². The van der Waals surface area contributed by atoms with Gasteiger partial charge < -0.3 is 0 Å². The highest BCUT2D eigenvalue weighted by Crippen LogP contribution is 2.19. The van der Waals surface area contributed by atoms with Crippen molar-refractivity contribution in [2.24, 2.45) is 0 Å². The summed E-state index contributed by atoms with van der Waals surface area (Å²) in [6.07, 6.45) is 2.34. The maximum Gasteiger partial charge on any atom is 0.240 e. The predicted octanol–water partition coefficient (Wildman–Crippen LogP) is 3.91. The van der Waals surface area contributed by atoms with Crippen LogP contribution < -0.4 is 4.72 Å². The number of hydrogen-bond donors (Lipinski definition) is 1. The highest BCUT2D eigenvalue weighted by Gasteiger charge is 2.14. The van der Waals surface area contributed by atoms with Gasteiger partial charge in [0.05, 0.1) is 10.4 Å². The Morgan fingerprint density at radius 3 is 2.46 bits per heavy atom. The molecule has 3 aromatic carbocycles. The minimum absolute atomic E-state index is 0.284. The zero-order chi connectivity index (χ0) is 18.0. The van der Waals surface area contributed by atoms with Gasteiger partial charge in [-0.15, -0.1) is 0 Å². The monoisotopic (exact) mass is 362 g/mol. The molecule has 0 radical (unpaired) electrons. The standard InChI is InChI=1S/C21H18N2O2S/c24-26(25,20-11-10-16-5-1-2-6-19(16)15-20)23-14-12-18-8-3-7-17-9-4-13-22-21(17)18/h1-11,13,15,23H,12,14H2. The Hall–Kier alpha value is -2.76. The number of hydrogen-bond acceptors (Lipinski definition) is 3. The molecule has 26 heavy (non-hydrogen) atoms. The minimum Gasteiger partial charge on any atom is -0.256 e. The summed E-state index contributed by atoms with van der Waals surface area (Å²) in [4.78, 5) is 4.70. The van der Waals surface area contributed by atoms with Crippen molar-refractivity contribution < 1.29 is 8.42 Å². The van der Waals surface area contributed by atoms with Crippen molar-refractivity contribution in [3.63, 3.8) is 0 Å². The summed E-state index contributed by atoms with van der Waals surface area (Å²) >= 11 is 0. The molecule has 0 amide bonds. The van der Waals surface area contributed by atoms with Gasteiger partial charge in [0, 0.05) is 18.1 Å². The van der Waals surface area contributed by atoms with Crippen LogP contribution in [0.3, 0.4) is 0 Å². The van der Waals surface area contributed by atoms with Gasteiger partial charge in [0.2, 0.25) is 10.0 Å². The van der Waals surface area contributed by atoms with E-state index in [4.69, 9.17) is 0 Å². The lowest BCUT2D eigenvalue weighted by Crippen LogP contribution is -2.26. The first-order valence-electron chi connectivity index (χ1n) is 8.45. The summed E-state index contributed by atoms with van der Waals surface area (Å²) in [5.41, 5.74) is 1.95. The fraction of sp³-hybridized carbons (Fsp3) is 0.0952. The molecule has 0 saturated carbocycles.